The standard InChI is InChI=1S/C32H42N4O6/c1-7-41-28(38)25(18-17-21-13-9-8-10-14-21)34-27(37)26(19-22-20-33-24-16-12-11-15-23(22)24)35-29(39)32(5,6)36-30(40)42-31(2,3)4/h8-16,20,25-26,33H,7,17-19H2,1-6H3,(H,34,37)(H,35,39)(H,36,40)/t25-,26-/m1/s1. The van der Waals surface area contributed by atoms with Crippen molar-refractivity contribution in [1.29, 1.82) is 0 Å². The summed E-state index contributed by atoms with van der Waals surface area (Å²) in [5, 5.41) is 9.08. The molecule has 0 fully saturated rings. The maximum absolute atomic E-state index is 13.8. The molecule has 1 aromatic heterocycles. The minimum atomic E-state index is -1.41. The average molecular weight is 579 g/mol. The molecular formula is C32H42N4O6. The maximum Gasteiger partial charge on any atom is 0.408 e. The number of hydrogen-bond donors (Lipinski definition) is 4. The first kappa shape index (κ1) is 32.2. The smallest absolute Gasteiger partial charge is 0.408 e. The topological polar surface area (TPSA) is 139 Å². The van der Waals surface area contributed by atoms with Crippen LogP contribution in [-0.2, 0) is 36.7 Å². The number of esters is 1. The summed E-state index contributed by atoms with van der Waals surface area (Å²) < 4.78 is 10.6. The lowest BCUT2D eigenvalue weighted by molar-refractivity contribution is -0.147. The number of nitrogens with one attached hydrogen (secondary N) is 4. The molecular weight excluding hydrogens is 536 g/mol. The highest BCUT2D eigenvalue weighted by molar-refractivity contribution is 5.95. The third-order valence-electron chi connectivity index (χ3n) is 6.55. The number of rotatable bonds is 12. The third kappa shape index (κ3) is 9.36. The Kier molecular flexibility index (Phi) is 10.7. The molecule has 0 aliphatic heterocycles. The monoisotopic (exact) mass is 578 g/mol. The number of carbonyl (C=O) groups is 4. The van der Waals surface area contributed by atoms with Gasteiger partial charge in [-0.25, -0.2) is 9.59 Å². The summed E-state index contributed by atoms with van der Waals surface area (Å²) in [6.45, 7) is 10.1. The summed E-state index contributed by atoms with van der Waals surface area (Å²) in [5.74, 6) is -1.69. The van der Waals surface area contributed by atoms with Crippen molar-refractivity contribution in [2.24, 2.45) is 0 Å². The van der Waals surface area contributed by atoms with E-state index in [-0.39, 0.29) is 13.0 Å². The Morgan fingerprint density at radius 3 is 2.21 bits per heavy atom. The van der Waals surface area contributed by atoms with Gasteiger partial charge in [-0.1, -0.05) is 48.5 Å². The van der Waals surface area contributed by atoms with Crippen LogP contribution in [0.4, 0.5) is 4.79 Å². The molecule has 4 N–H and O–H groups in total. The molecule has 0 saturated carbocycles. The van der Waals surface area contributed by atoms with Crippen molar-refractivity contribution < 1.29 is 28.7 Å². The van der Waals surface area contributed by atoms with E-state index in [1.807, 2.05) is 54.6 Å². The molecule has 0 aliphatic rings. The van der Waals surface area contributed by atoms with E-state index < -0.39 is 47.1 Å². The highest BCUT2D eigenvalue weighted by Gasteiger charge is 2.35. The number of aromatic nitrogens is 1. The van der Waals surface area contributed by atoms with Crippen LogP contribution in [-0.4, -0.2) is 58.7 Å². The van der Waals surface area contributed by atoms with E-state index in [9.17, 15) is 19.2 Å². The summed E-state index contributed by atoms with van der Waals surface area (Å²) in [6.07, 6.45) is 2.02. The van der Waals surface area contributed by atoms with E-state index in [1.165, 1.54) is 13.8 Å². The van der Waals surface area contributed by atoms with E-state index in [1.54, 1.807) is 33.9 Å². The first-order valence-electron chi connectivity index (χ1n) is 14.2. The molecule has 10 heteroatoms. The number of aromatic amines is 1. The first-order valence-corrected chi connectivity index (χ1v) is 14.2. The zero-order valence-corrected chi connectivity index (χ0v) is 25.2. The minimum Gasteiger partial charge on any atom is -0.464 e. The van der Waals surface area contributed by atoms with Crippen LogP contribution < -0.4 is 16.0 Å². The van der Waals surface area contributed by atoms with Gasteiger partial charge in [-0.05, 0) is 71.6 Å². The van der Waals surface area contributed by atoms with E-state index in [4.69, 9.17) is 9.47 Å². The number of aryl methyl sites for hydroxylation is 1. The fourth-order valence-electron chi connectivity index (χ4n) is 4.40. The van der Waals surface area contributed by atoms with Crippen molar-refractivity contribution in [1.82, 2.24) is 20.9 Å². The quantitative estimate of drug-likeness (QED) is 0.238. The number of carbonyl (C=O) groups excluding carboxylic acids is 4. The zero-order valence-electron chi connectivity index (χ0n) is 25.2. The van der Waals surface area contributed by atoms with Gasteiger partial charge in [0, 0.05) is 23.5 Å². The van der Waals surface area contributed by atoms with Gasteiger partial charge >= 0.3 is 12.1 Å². The van der Waals surface area contributed by atoms with Crippen LogP contribution >= 0.6 is 0 Å². The largest absolute Gasteiger partial charge is 0.464 e. The predicted octanol–water partition coefficient (Wildman–Crippen LogP) is 4.18. The molecule has 226 valence electrons. The Hall–Kier alpha value is -4.34. The molecule has 10 nitrogen and oxygen atoms in total. The molecule has 3 aromatic rings. The lowest BCUT2D eigenvalue weighted by Gasteiger charge is -2.30. The predicted molar refractivity (Wildman–Crippen MR) is 161 cm³/mol. The second kappa shape index (κ2) is 14.0. The third-order valence-corrected chi connectivity index (χ3v) is 6.55. The van der Waals surface area contributed by atoms with Gasteiger partial charge < -0.3 is 30.4 Å². The highest BCUT2D eigenvalue weighted by atomic mass is 16.6. The molecule has 2 aromatic carbocycles. The number of benzene rings is 2. The van der Waals surface area contributed by atoms with Crippen molar-refractivity contribution in [3.63, 3.8) is 0 Å². The van der Waals surface area contributed by atoms with Gasteiger partial charge in [0.25, 0.3) is 0 Å². The molecule has 3 rings (SSSR count). The van der Waals surface area contributed by atoms with E-state index in [2.05, 4.69) is 20.9 Å². The zero-order chi connectivity index (χ0) is 30.9. The van der Waals surface area contributed by atoms with Gasteiger partial charge in [0.15, 0.2) is 0 Å². The van der Waals surface area contributed by atoms with Gasteiger partial charge in [0.05, 0.1) is 6.61 Å². The Morgan fingerprint density at radius 2 is 1.55 bits per heavy atom. The van der Waals surface area contributed by atoms with Crippen LogP contribution in [0.5, 0.6) is 0 Å². The molecule has 0 unspecified atom stereocenters. The van der Waals surface area contributed by atoms with Gasteiger partial charge in [-0.2, -0.15) is 0 Å². The molecule has 0 radical (unpaired) electrons. The molecule has 3 amide bonds. The van der Waals surface area contributed by atoms with Crippen molar-refractivity contribution in [2.45, 2.75) is 84.0 Å². The molecule has 2 atom stereocenters. The van der Waals surface area contributed by atoms with Crippen molar-refractivity contribution in [3.8, 4) is 0 Å². The molecule has 0 bridgehead atoms. The van der Waals surface area contributed by atoms with Crippen molar-refractivity contribution in [3.05, 3.63) is 71.9 Å². The first-order chi connectivity index (χ1) is 19.8. The molecule has 0 saturated heterocycles. The van der Waals surface area contributed by atoms with Crippen LogP contribution in [0.2, 0.25) is 0 Å². The lowest BCUT2D eigenvalue weighted by Crippen LogP contribution is -2.60. The van der Waals surface area contributed by atoms with Crippen LogP contribution in [0.3, 0.4) is 0 Å². The average Bonchev–Trinajstić information content (AvgIpc) is 3.32. The number of para-hydroxylation sites is 1. The van der Waals surface area contributed by atoms with E-state index in [0.29, 0.717) is 12.8 Å². The number of hydrogen-bond acceptors (Lipinski definition) is 6. The van der Waals surface area contributed by atoms with Crippen molar-refractivity contribution in [2.75, 3.05) is 6.61 Å². The van der Waals surface area contributed by atoms with Crippen LogP contribution in [0.1, 0.15) is 59.1 Å². The molecule has 0 spiro atoms. The molecule has 1 heterocycles. The normalized spacial score (nSPS) is 13.1. The second-order valence-corrected chi connectivity index (χ2v) is 11.7. The highest BCUT2D eigenvalue weighted by Crippen LogP contribution is 2.20. The lowest BCUT2D eigenvalue weighted by atomic mass is 10.00. The van der Waals surface area contributed by atoms with Crippen LogP contribution in [0.15, 0.2) is 60.8 Å². The van der Waals surface area contributed by atoms with Gasteiger partial charge in [0.1, 0.15) is 23.2 Å². The summed E-state index contributed by atoms with van der Waals surface area (Å²) in [5.41, 5.74) is 0.545. The van der Waals surface area contributed by atoms with E-state index in [0.717, 1.165) is 22.0 Å². The van der Waals surface area contributed by atoms with Crippen molar-refractivity contribution >= 4 is 34.8 Å². The SMILES string of the molecule is CCOC(=O)[C@@H](CCc1ccccc1)NC(=O)[C@@H](Cc1c[nH]c2ccccc12)NC(=O)C(C)(C)NC(=O)OC(C)(C)C. The van der Waals surface area contributed by atoms with Gasteiger partial charge in [0.2, 0.25) is 11.8 Å². The fraction of sp³-hybridized carbons (Fsp3) is 0.438. The summed E-state index contributed by atoms with van der Waals surface area (Å²) in [4.78, 5) is 55.6. The Balaban J connectivity index is 1.83. The van der Waals surface area contributed by atoms with Crippen LogP contribution in [0.25, 0.3) is 10.9 Å². The number of ether oxygens (including phenoxy) is 2. The maximum atomic E-state index is 13.8. The fourth-order valence-corrected chi connectivity index (χ4v) is 4.40. The number of alkyl carbamates (subject to hydrolysis) is 1. The number of fused-ring (bicyclic) bond motifs is 1. The van der Waals surface area contributed by atoms with E-state index >= 15 is 0 Å². The number of H-pyrrole nitrogens is 1. The second-order valence-electron chi connectivity index (χ2n) is 11.7. The Morgan fingerprint density at radius 1 is 0.881 bits per heavy atom. The summed E-state index contributed by atoms with van der Waals surface area (Å²) in [7, 11) is 0. The number of amides is 3. The summed E-state index contributed by atoms with van der Waals surface area (Å²) in [6, 6.07) is 15.3. The Labute approximate surface area is 246 Å². The minimum absolute atomic E-state index is 0.137. The molecule has 42 heavy (non-hydrogen) atoms. The van der Waals surface area contributed by atoms with Gasteiger partial charge in [-0.3, -0.25) is 9.59 Å². The van der Waals surface area contributed by atoms with Crippen LogP contribution in [0, 0.1) is 0 Å². The Bertz CT molecular complexity index is 1380. The summed E-state index contributed by atoms with van der Waals surface area (Å²) >= 11 is 0. The van der Waals surface area contributed by atoms with Gasteiger partial charge in [-0.15, -0.1) is 0 Å². The molecule has 0 aliphatic carbocycles.